The molecule has 3 aromatic rings. The van der Waals surface area contributed by atoms with E-state index < -0.39 is 6.04 Å². The van der Waals surface area contributed by atoms with Crippen molar-refractivity contribution in [2.75, 3.05) is 7.05 Å². The van der Waals surface area contributed by atoms with E-state index in [1.54, 1.807) is 25.8 Å². The number of likely N-dealkylation sites (N-methyl/N-ethyl adjacent to an activating group) is 1. The van der Waals surface area contributed by atoms with Crippen LogP contribution in [0.3, 0.4) is 0 Å². The van der Waals surface area contributed by atoms with Crippen LogP contribution >= 0.6 is 0 Å². The van der Waals surface area contributed by atoms with Crippen molar-refractivity contribution in [2.45, 2.75) is 25.9 Å². The molecule has 0 aliphatic heterocycles. The number of nitrogens with one attached hydrogen (secondary N) is 2. The molecule has 0 radical (unpaired) electrons. The molecule has 0 saturated heterocycles. The van der Waals surface area contributed by atoms with Crippen LogP contribution in [0, 0.1) is 0 Å². The first-order valence-electron chi connectivity index (χ1n) is 8.23. The highest BCUT2D eigenvalue weighted by atomic mass is 16.2. The van der Waals surface area contributed by atoms with Crippen LogP contribution in [0.5, 0.6) is 0 Å². The molecular weight excluding hydrogens is 332 g/mol. The summed E-state index contributed by atoms with van der Waals surface area (Å²) in [5, 5.41) is 2.70. The summed E-state index contributed by atoms with van der Waals surface area (Å²) in [6.45, 7) is 1.69. The lowest BCUT2D eigenvalue weighted by Gasteiger charge is -2.23. The maximum absolute atomic E-state index is 12.8. The molecule has 2 heterocycles. The number of aromatic amines is 1. The van der Waals surface area contributed by atoms with Gasteiger partial charge in [0.05, 0.1) is 35.8 Å². The van der Waals surface area contributed by atoms with Crippen molar-refractivity contribution in [3.63, 3.8) is 0 Å². The van der Waals surface area contributed by atoms with E-state index in [0.717, 1.165) is 16.7 Å². The molecule has 1 atom stereocenters. The van der Waals surface area contributed by atoms with Gasteiger partial charge in [-0.3, -0.25) is 14.6 Å². The van der Waals surface area contributed by atoms with Gasteiger partial charge in [-0.25, -0.2) is 9.97 Å². The van der Waals surface area contributed by atoms with E-state index in [0.29, 0.717) is 18.7 Å². The van der Waals surface area contributed by atoms with Gasteiger partial charge in [-0.05, 0) is 12.1 Å². The minimum Gasteiger partial charge on any atom is -0.348 e. The normalized spacial score (nSPS) is 11.9. The molecule has 0 aliphatic rings. The van der Waals surface area contributed by atoms with E-state index in [9.17, 15) is 9.59 Å². The zero-order valence-electron chi connectivity index (χ0n) is 14.6. The Labute approximate surface area is 150 Å². The number of fused-ring (bicyclic) bond motifs is 1. The van der Waals surface area contributed by atoms with Crippen molar-refractivity contribution < 1.29 is 9.59 Å². The monoisotopic (exact) mass is 352 g/mol. The number of nitrogens with zero attached hydrogens (tertiary/aromatic N) is 4. The zero-order valence-corrected chi connectivity index (χ0v) is 14.6. The highest BCUT2D eigenvalue weighted by molar-refractivity contribution is 5.87. The van der Waals surface area contributed by atoms with Gasteiger partial charge in [0, 0.05) is 32.3 Å². The third-order valence-electron chi connectivity index (χ3n) is 3.93. The van der Waals surface area contributed by atoms with Crippen molar-refractivity contribution in [3.8, 4) is 0 Å². The Bertz CT molecular complexity index is 909. The molecule has 0 unspecified atom stereocenters. The third-order valence-corrected chi connectivity index (χ3v) is 3.93. The van der Waals surface area contributed by atoms with Gasteiger partial charge in [0.25, 0.3) is 0 Å². The molecule has 3 rings (SSSR count). The quantitative estimate of drug-likeness (QED) is 0.690. The van der Waals surface area contributed by atoms with Gasteiger partial charge < -0.3 is 15.2 Å². The second-order valence-corrected chi connectivity index (χ2v) is 6.08. The van der Waals surface area contributed by atoms with E-state index in [2.05, 4.69) is 25.3 Å². The molecule has 0 aliphatic carbocycles. The Hall–Kier alpha value is -3.29. The summed E-state index contributed by atoms with van der Waals surface area (Å²) in [6.07, 6.45) is 5.18. The summed E-state index contributed by atoms with van der Waals surface area (Å²) in [5.41, 5.74) is 3.04. The van der Waals surface area contributed by atoms with Crippen LogP contribution in [0.15, 0.2) is 43.0 Å². The first-order chi connectivity index (χ1) is 12.5. The van der Waals surface area contributed by atoms with Gasteiger partial charge in [-0.15, -0.1) is 0 Å². The fourth-order valence-corrected chi connectivity index (χ4v) is 2.72. The summed E-state index contributed by atoms with van der Waals surface area (Å²) in [7, 11) is 1.68. The number of H-pyrrole nitrogens is 1. The van der Waals surface area contributed by atoms with Crippen LogP contribution in [0.4, 0.5) is 0 Å². The number of para-hydroxylation sites is 2. The molecule has 2 N–H and O–H groups in total. The predicted molar refractivity (Wildman–Crippen MR) is 95.9 cm³/mol. The van der Waals surface area contributed by atoms with Crippen LogP contribution in [-0.2, 0) is 22.6 Å². The van der Waals surface area contributed by atoms with Gasteiger partial charge in [0.1, 0.15) is 6.04 Å². The van der Waals surface area contributed by atoms with Gasteiger partial charge in [0.15, 0.2) is 0 Å². The van der Waals surface area contributed by atoms with E-state index in [1.807, 2.05) is 24.3 Å². The Kier molecular flexibility index (Phi) is 5.21. The van der Waals surface area contributed by atoms with Crippen LogP contribution in [-0.4, -0.2) is 49.7 Å². The summed E-state index contributed by atoms with van der Waals surface area (Å²) >= 11 is 0. The molecule has 0 spiro atoms. The number of benzene rings is 1. The van der Waals surface area contributed by atoms with Crippen LogP contribution in [0.25, 0.3) is 11.0 Å². The molecule has 8 nitrogen and oxygen atoms in total. The zero-order chi connectivity index (χ0) is 18.5. The Morgan fingerprint density at radius 2 is 2.00 bits per heavy atom. The second kappa shape index (κ2) is 7.73. The number of imidazole rings is 1. The molecular formula is C18H20N6O2. The number of hydrogen-bond donors (Lipinski definition) is 2. The molecule has 8 heteroatoms. The molecule has 2 amide bonds. The minimum atomic E-state index is -0.675. The van der Waals surface area contributed by atoms with Crippen LogP contribution in [0.2, 0.25) is 0 Å². The number of hydrogen-bond acceptors (Lipinski definition) is 5. The second-order valence-electron chi connectivity index (χ2n) is 6.08. The maximum Gasteiger partial charge on any atom is 0.245 e. The molecule has 0 bridgehead atoms. The highest BCUT2D eigenvalue weighted by Crippen LogP contribution is 2.11. The first kappa shape index (κ1) is 17.5. The van der Waals surface area contributed by atoms with Crippen molar-refractivity contribution in [3.05, 3.63) is 54.4 Å². The topological polar surface area (TPSA) is 104 Å². The Balaban J connectivity index is 1.73. The van der Waals surface area contributed by atoms with Crippen LogP contribution < -0.4 is 5.32 Å². The number of amides is 2. The predicted octanol–water partition coefficient (Wildman–Crippen LogP) is 1.06. The van der Waals surface area contributed by atoms with Crippen molar-refractivity contribution in [1.82, 2.24) is 30.2 Å². The van der Waals surface area contributed by atoms with Gasteiger partial charge in [-0.1, -0.05) is 12.1 Å². The van der Waals surface area contributed by atoms with E-state index in [1.165, 1.54) is 11.8 Å². The lowest BCUT2D eigenvalue weighted by atomic mass is 10.1. The number of rotatable bonds is 6. The maximum atomic E-state index is 12.8. The molecule has 1 aromatic carbocycles. The van der Waals surface area contributed by atoms with Gasteiger partial charge >= 0.3 is 0 Å². The summed E-state index contributed by atoms with van der Waals surface area (Å²) < 4.78 is 0. The highest BCUT2D eigenvalue weighted by Gasteiger charge is 2.24. The Morgan fingerprint density at radius 1 is 1.23 bits per heavy atom. The number of carbonyl (C=O) groups is 2. The molecule has 0 saturated carbocycles. The fraction of sp³-hybridized carbons (Fsp3) is 0.278. The molecule has 2 aromatic heterocycles. The van der Waals surface area contributed by atoms with Gasteiger partial charge in [0.2, 0.25) is 11.8 Å². The van der Waals surface area contributed by atoms with Gasteiger partial charge in [-0.2, -0.15) is 0 Å². The fourth-order valence-electron chi connectivity index (χ4n) is 2.72. The first-order valence-corrected chi connectivity index (χ1v) is 8.23. The summed E-state index contributed by atoms with van der Waals surface area (Å²) in [6, 6.07) is 6.89. The minimum absolute atomic E-state index is 0.204. The van der Waals surface area contributed by atoms with E-state index in [4.69, 9.17) is 0 Å². The lowest BCUT2D eigenvalue weighted by molar-refractivity contribution is -0.135. The molecule has 134 valence electrons. The SMILES string of the molecule is CC(=O)N[C@@H](Cc1cnc[nH]1)C(=O)N(C)Cc1cnc2ccccc2n1. The standard InChI is InChI=1S/C18H20N6O2/c1-12(25)22-17(7-13-8-19-11-21-13)18(26)24(2)10-14-9-20-15-5-3-4-6-16(15)23-14/h3-6,8-9,11,17H,7,10H2,1-2H3,(H,19,21)(H,22,25)/t17-/m0/s1. The van der Waals surface area contributed by atoms with E-state index >= 15 is 0 Å². The van der Waals surface area contributed by atoms with Crippen molar-refractivity contribution >= 4 is 22.8 Å². The molecule has 26 heavy (non-hydrogen) atoms. The van der Waals surface area contributed by atoms with Crippen molar-refractivity contribution in [1.29, 1.82) is 0 Å². The smallest absolute Gasteiger partial charge is 0.245 e. The number of aromatic nitrogens is 4. The number of carbonyl (C=O) groups excluding carboxylic acids is 2. The average Bonchev–Trinajstić information content (AvgIpc) is 3.13. The van der Waals surface area contributed by atoms with E-state index in [-0.39, 0.29) is 11.8 Å². The Morgan fingerprint density at radius 3 is 2.69 bits per heavy atom. The average molecular weight is 352 g/mol. The summed E-state index contributed by atoms with van der Waals surface area (Å²) in [4.78, 5) is 41.6. The third kappa shape index (κ3) is 4.21. The lowest BCUT2D eigenvalue weighted by Crippen LogP contribution is -2.47. The molecule has 0 fully saturated rings. The van der Waals surface area contributed by atoms with Crippen LogP contribution in [0.1, 0.15) is 18.3 Å². The summed E-state index contributed by atoms with van der Waals surface area (Å²) in [5.74, 6) is -0.466. The van der Waals surface area contributed by atoms with Crippen molar-refractivity contribution in [2.24, 2.45) is 0 Å². The largest absolute Gasteiger partial charge is 0.348 e.